The van der Waals surface area contributed by atoms with Gasteiger partial charge < -0.3 is 5.73 Å². The molecule has 0 bridgehead atoms. The first-order chi connectivity index (χ1) is 7.77. The molecule has 0 spiro atoms. The molecule has 2 N–H and O–H groups in total. The van der Waals surface area contributed by atoms with Gasteiger partial charge in [0, 0.05) is 12.6 Å². The molecule has 0 aliphatic heterocycles. The number of nitro benzene ring substituents is 1. The number of hydrogen-bond donors (Lipinski definition) is 1. The normalized spacial score (nSPS) is 11.3. The van der Waals surface area contributed by atoms with Crippen LogP contribution >= 0.6 is 0 Å². The van der Waals surface area contributed by atoms with Crippen LogP contribution < -0.4 is 5.73 Å². The Labute approximate surface area is 94.7 Å². The average molecular weight is 246 g/mol. The van der Waals surface area contributed by atoms with Gasteiger partial charge in [0.05, 0.1) is 16.1 Å². The van der Waals surface area contributed by atoms with E-state index in [-0.39, 0.29) is 17.7 Å². The molecule has 4 nitrogen and oxygen atoms in total. The van der Waals surface area contributed by atoms with Gasteiger partial charge in [0.1, 0.15) is 0 Å². The van der Waals surface area contributed by atoms with Gasteiger partial charge in [0.15, 0.2) is 0 Å². The molecular formula is C10H9F3N2O2. The fourth-order valence-corrected chi connectivity index (χ4v) is 1.27. The molecule has 17 heavy (non-hydrogen) atoms. The van der Waals surface area contributed by atoms with Crippen LogP contribution in [0, 0.1) is 10.1 Å². The second-order valence-electron chi connectivity index (χ2n) is 3.29. The Kier molecular flexibility index (Phi) is 3.52. The molecular weight excluding hydrogens is 237 g/mol. The minimum Gasteiger partial charge on any atom is -0.326 e. The van der Waals surface area contributed by atoms with Crippen molar-refractivity contribution in [1.82, 2.24) is 0 Å². The zero-order valence-corrected chi connectivity index (χ0v) is 8.62. The SMILES string of the molecule is C=C(CN)c1ccc(C(F)(F)F)cc1[N+](=O)[O-]. The van der Waals surface area contributed by atoms with Gasteiger partial charge in [-0.25, -0.2) is 0 Å². The molecule has 0 saturated carbocycles. The minimum atomic E-state index is -4.62. The van der Waals surface area contributed by atoms with Crippen LogP contribution in [0.2, 0.25) is 0 Å². The van der Waals surface area contributed by atoms with Gasteiger partial charge >= 0.3 is 6.18 Å². The highest BCUT2D eigenvalue weighted by Crippen LogP contribution is 2.34. The van der Waals surface area contributed by atoms with Crippen molar-refractivity contribution in [2.75, 3.05) is 6.54 Å². The molecule has 1 aromatic carbocycles. The highest BCUT2D eigenvalue weighted by Gasteiger charge is 2.33. The van der Waals surface area contributed by atoms with E-state index in [0.717, 1.165) is 12.1 Å². The lowest BCUT2D eigenvalue weighted by Gasteiger charge is -2.09. The molecule has 0 aliphatic carbocycles. The molecule has 0 heterocycles. The quantitative estimate of drug-likeness (QED) is 0.658. The maximum Gasteiger partial charge on any atom is 0.416 e. The summed E-state index contributed by atoms with van der Waals surface area (Å²) in [5, 5.41) is 10.7. The third-order valence-electron chi connectivity index (χ3n) is 2.15. The van der Waals surface area contributed by atoms with Crippen molar-refractivity contribution in [1.29, 1.82) is 0 Å². The molecule has 1 rings (SSSR count). The number of halogens is 3. The van der Waals surface area contributed by atoms with Crippen LogP contribution in [0.25, 0.3) is 5.57 Å². The summed E-state index contributed by atoms with van der Waals surface area (Å²) < 4.78 is 37.1. The van der Waals surface area contributed by atoms with Crippen LogP contribution in [0.5, 0.6) is 0 Å². The summed E-state index contributed by atoms with van der Waals surface area (Å²) in [6.45, 7) is 3.40. The van der Waals surface area contributed by atoms with Crippen LogP contribution in [0.15, 0.2) is 24.8 Å². The van der Waals surface area contributed by atoms with Crippen LogP contribution in [0.3, 0.4) is 0 Å². The van der Waals surface area contributed by atoms with Crippen LogP contribution in [0.4, 0.5) is 18.9 Å². The molecule has 0 radical (unpaired) electrons. The molecule has 0 saturated heterocycles. The highest BCUT2D eigenvalue weighted by atomic mass is 19.4. The molecule has 0 aliphatic rings. The van der Waals surface area contributed by atoms with Crippen molar-refractivity contribution in [3.8, 4) is 0 Å². The Bertz CT molecular complexity index is 469. The van der Waals surface area contributed by atoms with Crippen molar-refractivity contribution in [3.05, 3.63) is 46.0 Å². The smallest absolute Gasteiger partial charge is 0.326 e. The summed E-state index contributed by atoms with van der Waals surface area (Å²) in [6, 6.07) is 2.26. The van der Waals surface area contributed by atoms with Gasteiger partial charge in [0.2, 0.25) is 0 Å². The topological polar surface area (TPSA) is 69.2 Å². The van der Waals surface area contributed by atoms with Crippen LogP contribution in [-0.4, -0.2) is 11.5 Å². The largest absolute Gasteiger partial charge is 0.416 e. The van der Waals surface area contributed by atoms with E-state index in [0.29, 0.717) is 6.07 Å². The van der Waals surface area contributed by atoms with Gasteiger partial charge in [0.25, 0.3) is 5.69 Å². The van der Waals surface area contributed by atoms with Crippen molar-refractivity contribution in [3.63, 3.8) is 0 Å². The number of nitrogens with zero attached hydrogens (tertiary/aromatic N) is 1. The summed E-state index contributed by atoms with van der Waals surface area (Å²) in [5.74, 6) is 0. The third kappa shape index (κ3) is 2.82. The van der Waals surface area contributed by atoms with Gasteiger partial charge in [-0.2, -0.15) is 13.2 Å². The lowest BCUT2D eigenvalue weighted by atomic mass is 10.0. The second-order valence-corrected chi connectivity index (χ2v) is 3.29. The number of alkyl halides is 3. The molecule has 0 fully saturated rings. The second kappa shape index (κ2) is 4.54. The van der Waals surface area contributed by atoms with E-state index in [1.54, 1.807) is 0 Å². The van der Waals surface area contributed by atoms with E-state index in [2.05, 4.69) is 6.58 Å². The number of rotatable bonds is 3. The highest BCUT2D eigenvalue weighted by molar-refractivity contribution is 5.72. The maximum absolute atomic E-state index is 12.4. The number of nitrogens with two attached hydrogens (primary N) is 1. The minimum absolute atomic E-state index is 0.0190. The Morgan fingerprint density at radius 2 is 2.06 bits per heavy atom. The van der Waals surface area contributed by atoms with Crippen molar-refractivity contribution >= 4 is 11.3 Å². The van der Waals surface area contributed by atoms with E-state index in [4.69, 9.17) is 5.73 Å². The zero-order valence-electron chi connectivity index (χ0n) is 8.62. The first kappa shape index (κ1) is 13.2. The summed E-state index contributed by atoms with van der Waals surface area (Å²) in [7, 11) is 0. The standard InChI is InChI=1S/C10H9F3N2O2/c1-6(5-14)8-3-2-7(10(11,12)13)4-9(8)15(16)17/h2-4H,1,5,14H2. The van der Waals surface area contributed by atoms with Gasteiger partial charge in [-0.3, -0.25) is 10.1 Å². The Morgan fingerprint density at radius 1 is 1.47 bits per heavy atom. The van der Waals surface area contributed by atoms with E-state index in [1.807, 2.05) is 0 Å². The summed E-state index contributed by atoms with van der Waals surface area (Å²) in [4.78, 5) is 9.79. The van der Waals surface area contributed by atoms with E-state index in [9.17, 15) is 23.3 Å². The fraction of sp³-hybridized carbons (Fsp3) is 0.200. The average Bonchev–Trinajstić information content (AvgIpc) is 2.25. The van der Waals surface area contributed by atoms with Gasteiger partial charge in [-0.05, 0) is 17.7 Å². The van der Waals surface area contributed by atoms with Gasteiger partial charge in [-0.1, -0.05) is 6.58 Å². The number of nitro groups is 1. The van der Waals surface area contributed by atoms with Crippen LogP contribution in [-0.2, 0) is 6.18 Å². The molecule has 0 unspecified atom stereocenters. The Hall–Kier alpha value is -1.89. The van der Waals surface area contributed by atoms with Crippen molar-refractivity contribution in [2.24, 2.45) is 5.73 Å². The molecule has 1 aromatic rings. The van der Waals surface area contributed by atoms with E-state index in [1.165, 1.54) is 0 Å². The van der Waals surface area contributed by atoms with Gasteiger partial charge in [-0.15, -0.1) is 0 Å². The molecule has 92 valence electrons. The summed E-state index contributed by atoms with van der Waals surface area (Å²) in [5.41, 5.74) is 3.77. The number of hydrogen-bond acceptors (Lipinski definition) is 3. The molecule has 0 aromatic heterocycles. The monoisotopic (exact) mass is 246 g/mol. The fourth-order valence-electron chi connectivity index (χ4n) is 1.27. The number of benzene rings is 1. The summed E-state index contributed by atoms with van der Waals surface area (Å²) in [6.07, 6.45) is -4.62. The Balaban J connectivity index is 3.37. The molecule has 0 amide bonds. The maximum atomic E-state index is 12.4. The molecule has 7 heteroatoms. The lowest BCUT2D eigenvalue weighted by molar-refractivity contribution is -0.385. The lowest BCUT2D eigenvalue weighted by Crippen LogP contribution is -2.08. The summed E-state index contributed by atoms with van der Waals surface area (Å²) >= 11 is 0. The molecule has 0 atom stereocenters. The van der Waals surface area contributed by atoms with E-state index < -0.39 is 22.4 Å². The predicted molar refractivity (Wildman–Crippen MR) is 56.2 cm³/mol. The first-order valence-corrected chi connectivity index (χ1v) is 4.51. The van der Waals surface area contributed by atoms with E-state index >= 15 is 0 Å². The zero-order chi connectivity index (χ0) is 13.2. The Morgan fingerprint density at radius 3 is 2.47 bits per heavy atom. The van der Waals surface area contributed by atoms with Crippen molar-refractivity contribution in [2.45, 2.75) is 6.18 Å². The third-order valence-corrected chi connectivity index (χ3v) is 2.15. The first-order valence-electron chi connectivity index (χ1n) is 4.51. The van der Waals surface area contributed by atoms with Crippen molar-refractivity contribution < 1.29 is 18.1 Å². The van der Waals surface area contributed by atoms with Crippen LogP contribution in [0.1, 0.15) is 11.1 Å². The predicted octanol–water partition coefficient (Wildman–Crippen LogP) is 2.59.